The van der Waals surface area contributed by atoms with Gasteiger partial charge in [-0.3, -0.25) is 4.98 Å². The van der Waals surface area contributed by atoms with Gasteiger partial charge in [-0.05, 0) is 42.0 Å². The van der Waals surface area contributed by atoms with Crippen LogP contribution in [-0.4, -0.2) is 36.1 Å². The number of fused-ring (bicyclic) bond motifs is 1. The number of pyridine rings is 1. The summed E-state index contributed by atoms with van der Waals surface area (Å²) < 4.78 is 13.9. The smallest absolute Gasteiger partial charge is 0.164 e. The van der Waals surface area contributed by atoms with Crippen LogP contribution in [-0.2, 0) is 19.4 Å². The van der Waals surface area contributed by atoms with E-state index in [9.17, 15) is 4.39 Å². The quantitative estimate of drug-likeness (QED) is 0.896. The Morgan fingerprint density at radius 3 is 2.81 bits per heavy atom. The summed E-state index contributed by atoms with van der Waals surface area (Å²) in [6.45, 7) is 8.26. The fraction of sp³-hybridized carbons (Fsp3) is 0.381. The summed E-state index contributed by atoms with van der Waals surface area (Å²) in [6, 6.07) is 8.37. The summed E-state index contributed by atoms with van der Waals surface area (Å²) in [4.78, 5) is 8.15. The van der Waals surface area contributed by atoms with Gasteiger partial charge in [0.1, 0.15) is 0 Å². The van der Waals surface area contributed by atoms with Gasteiger partial charge in [0.25, 0.3) is 0 Å². The monoisotopic (exact) mass is 352 g/mol. The van der Waals surface area contributed by atoms with E-state index >= 15 is 0 Å². The third kappa shape index (κ3) is 3.39. The van der Waals surface area contributed by atoms with E-state index in [0.717, 1.165) is 38.5 Å². The molecule has 0 bridgehead atoms. The second kappa shape index (κ2) is 7.36. The number of halogens is 1. The van der Waals surface area contributed by atoms with Crippen molar-refractivity contribution in [3.8, 4) is 0 Å². The van der Waals surface area contributed by atoms with Crippen molar-refractivity contribution >= 4 is 5.69 Å². The van der Waals surface area contributed by atoms with Crippen molar-refractivity contribution in [2.24, 2.45) is 0 Å². The first-order chi connectivity index (χ1) is 12.7. The van der Waals surface area contributed by atoms with Gasteiger partial charge < -0.3 is 15.1 Å². The topological polar surface area (TPSA) is 31.4 Å². The SMILES string of the molecule is C=C(NCc1cccc2c1CCC2)N1CCN(c2ccncc2F)CC1. The third-order valence-corrected chi connectivity index (χ3v) is 5.48. The van der Waals surface area contributed by atoms with Gasteiger partial charge in [0.15, 0.2) is 5.82 Å². The zero-order chi connectivity index (χ0) is 17.9. The molecular weight excluding hydrogens is 327 g/mol. The second-order valence-corrected chi connectivity index (χ2v) is 7.01. The molecule has 4 rings (SSSR count). The number of rotatable bonds is 5. The van der Waals surface area contributed by atoms with Crippen LogP contribution in [0.5, 0.6) is 0 Å². The Kier molecular flexibility index (Phi) is 4.78. The molecule has 2 heterocycles. The molecule has 1 fully saturated rings. The number of piperazine rings is 1. The average molecular weight is 352 g/mol. The van der Waals surface area contributed by atoms with Crippen LogP contribution in [0.2, 0.25) is 0 Å². The highest BCUT2D eigenvalue weighted by Gasteiger charge is 2.20. The molecule has 0 atom stereocenters. The van der Waals surface area contributed by atoms with E-state index in [0.29, 0.717) is 5.69 Å². The molecule has 4 nitrogen and oxygen atoms in total. The van der Waals surface area contributed by atoms with Crippen LogP contribution in [0.4, 0.5) is 10.1 Å². The molecule has 26 heavy (non-hydrogen) atoms. The molecule has 0 spiro atoms. The molecule has 1 N–H and O–H groups in total. The first-order valence-corrected chi connectivity index (χ1v) is 9.34. The summed E-state index contributed by atoms with van der Waals surface area (Å²) in [5, 5.41) is 3.49. The molecule has 5 heteroatoms. The van der Waals surface area contributed by atoms with Gasteiger partial charge in [-0.15, -0.1) is 0 Å². The van der Waals surface area contributed by atoms with E-state index in [-0.39, 0.29) is 5.82 Å². The Morgan fingerprint density at radius 1 is 1.15 bits per heavy atom. The van der Waals surface area contributed by atoms with Gasteiger partial charge in [-0.2, -0.15) is 0 Å². The highest BCUT2D eigenvalue weighted by atomic mass is 19.1. The van der Waals surface area contributed by atoms with Crippen LogP contribution in [0.1, 0.15) is 23.1 Å². The number of hydrogen-bond donors (Lipinski definition) is 1. The van der Waals surface area contributed by atoms with Crippen LogP contribution >= 0.6 is 0 Å². The van der Waals surface area contributed by atoms with Crippen molar-refractivity contribution < 1.29 is 4.39 Å². The maximum Gasteiger partial charge on any atom is 0.164 e. The maximum atomic E-state index is 13.9. The lowest BCUT2D eigenvalue weighted by Gasteiger charge is -2.38. The lowest BCUT2D eigenvalue weighted by Crippen LogP contribution is -2.48. The number of hydrogen-bond acceptors (Lipinski definition) is 4. The third-order valence-electron chi connectivity index (χ3n) is 5.48. The molecule has 136 valence electrons. The van der Waals surface area contributed by atoms with Gasteiger partial charge in [0.2, 0.25) is 0 Å². The molecule has 0 unspecified atom stereocenters. The molecule has 0 amide bonds. The van der Waals surface area contributed by atoms with Gasteiger partial charge in [0.05, 0.1) is 17.7 Å². The van der Waals surface area contributed by atoms with Crippen molar-refractivity contribution in [1.29, 1.82) is 0 Å². The fourth-order valence-corrected chi connectivity index (χ4v) is 4.02. The van der Waals surface area contributed by atoms with Crippen molar-refractivity contribution in [2.45, 2.75) is 25.8 Å². The molecule has 0 radical (unpaired) electrons. The van der Waals surface area contributed by atoms with E-state index in [4.69, 9.17) is 0 Å². The molecule has 1 aromatic heterocycles. The fourth-order valence-electron chi connectivity index (χ4n) is 4.02. The van der Waals surface area contributed by atoms with Gasteiger partial charge in [-0.25, -0.2) is 4.39 Å². The van der Waals surface area contributed by atoms with E-state index in [1.54, 1.807) is 12.3 Å². The van der Waals surface area contributed by atoms with Crippen LogP contribution in [0.25, 0.3) is 0 Å². The molecule has 1 aromatic carbocycles. The second-order valence-electron chi connectivity index (χ2n) is 7.01. The maximum absolute atomic E-state index is 13.9. The number of anilines is 1. The average Bonchev–Trinajstić information content (AvgIpc) is 3.16. The standard InChI is InChI=1S/C21H25FN4/c1-16(24-14-18-6-2-4-17-5-3-7-19(17)18)25-10-12-26(13-11-25)21-8-9-23-15-20(21)22/h2,4,6,8-9,15,24H,1,3,5,7,10-14H2. The first-order valence-electron chi connectivity index (χ1n) is 9.34. The first kappa shape index (κ1) is 16.9. The van der Waals surface area contributed by atoms with Gasteiger partial charge in [-0.1, -0.05) is 24.8 Å². The Bertz CT molecular complexity index is 796. The summed E-state index contributed by atoms with van der Waals surface area (Å²) >= 11 is 0. The summed E-state index contributed by atoms with van der Waals surface area (Å²) in [7, 11) is 0. The summed E-state index contributed by atoms with van der Waals surface area (Å²) in [5.41, 5.74) is 5.05. The zero-order valence-corrected chi connectivity index (χ0v) is 15.0. The minimum atomic E-state index is -0.254. The van der Waals surface area contributed by atoms with E-state index in [2.05, 4.69) is 44.9 Å². The van der Waals surface area contributed by atoms with Crippen LogP contribution in [0.3, 0.4) is 0 Å². The molecule has 1 aliphatic heterocycles. The Labute approximate surface area is 154 Å². The molecule has 1 saturated heterocycles. The highest BCUT2D eigenvalue weighted by Crippen LogP contribution is 2.25. The van der Waals surface area contributed by atoms with Gasteiger partial charge >= 0.3 is 0 Å². The zero-order valence-electron chi connectivity index (χ0n) is 15.0. The molecule has 0 saturated carbocycles. The summed E-state index contributed by atoms with van der Waals surface area (Å²) in [6.07, 6.45) is 6.58. The minimum absolute atomic E-state index is 0.254. The molecule has 2 aromatic rings. The Hall–Kier alpha value is -2.56. The Morgan fingerprint density at radius 2 is 2.00 bits per heavy atom. The largest absolute Gasteiger partial charge is 0.368 e. The Balaban J connectivity index is 1.32. The van der Waals surface area contributed by atoms with Crippen LogP contribution < -0.4 is 10.2 Å². The van der Waals surface area contributed by atoms with Crippen LogP contribution in [0, 0.1) is 5.82 Å². The van der Waals surface area contributed by atoms with E-state index < -0.39 is 0 Å². The van der Waals surface area contributed by atoms with Gasteiger partial charge in [0, 0.05) is 38.9 Å². The highest BCUT2D eigenvalue weighted by molar-refractivity contribution is 5.46. The van der Waals surface area contributed by atoms with Crippen molar-refractivity contribution in [3.63, 3.8) is 0 Å². The number of aryl methyl sites for hydroxylation is 1. The van der Waals surface area contributed by atoms with E-state index in [1.807, 2.05) is 0 Å². The summed E-state index contributed by atoms with van der Waals surface area (Å²) in [5.74, 6) is 0.700. The number of benzene rings is 1. The van der Waals surface area contributed by atoms with Crippen LogP contribution in [0.15, 0.2) is 49.1 Å². The molecular formula is C21H25FN4. The predicted octanol–water partition coefficient (Wildman–Crippen LogP) is 3.09. The van der Waals surface area contributed by atoms with E-state index in [1.165, 1.54) is 42.1 Å². The number of aromatic nitrogens is 1. The normalized spacial score (nSPS) is 16.5. The lowest BCUT2D eigenvalue weighted by molar-refractivity contribution is 0.299. The molecule has 1 aliphatic carbocycles. The number of nitrogens with zero attached hydrogens (tertiary/aromatic N) is 3. The minimum Gasteiger partial charge on any atom is -0.368 e. The molecule has 2 aliphatic rings. The van der Waals surface area contributed by atoms with Crippen molar-refractivity contribution in [2.75, 3.05) is 31.1 Å². The predicted molar refractivity (Wildman–Crippen MR) is 102 cm³/mol. The number of nitrogens with one attached hydrogen (secondary N) is 1. The lowest BCUT2D eigenvalue weighted by atomic mass is 10.0. The van der Waals surface area contributed by atoms with Crippen molar-refractivity contribution in [3.05, 3.63) is 71.6 Å². The van der Waals surface area contributed by atoms with Crippen molar-refractivity contribution in [1.82, 2.24) is 15.2 Å².